The fraction of sp³-hybridized carbons (Fsp3) is 0.464. The van der Waals surface area contributed by atoms with E-state index in [1.54, 1.807) is 29.2 Å². The summed E-state index contributed by atoms with van der Waals surface area (Å²) in [6, 6.07) is 16.4. The molecule has 1 heterocycles. The molecule has 1 aliphatic rings. The van der Waals surface area contributed by atoms with Crippen LogP contribution in [0.15, 0.2) is 64.2 Å². The highest BCUT2D eigenvalue weighted by Crippen LogP contribution is 2.24. The first-order valence-electron chi connectivity index (χ1n) is 13.1. The van der Waals surface area contributed by atoms with Crippen molar-refractivity contribution in [2.75, 3.05) is 12.3 Å². The number of amides is 1. The van der Waals surface area contributed by atoms with Crippen molar-refractivity contribution in [2.24, 2.45) is 0 Å². The Morgan fingerprint density at radius 3 is 2.32 bits per heavy atom. The van der Waals surface area contributed by atoms with E-state index in [0.717, 1.165) is 29.4 Å². The van der Waals surface area contributed by atoms with Gasteiger partial charge in [-0.15, -0.1) is 0 Å². The first-order valence-corrected chi connectivity index (χ1v) is 14.8. The summed E-state index contributed by atoms with van der Waals surface area (Å²) in [7, 11) is -3.28. The molecule has 0 unspecified atom stereocenters. The van der Waals surface area contributed by atoms with Gasteiger partial charge in [0, 0.05) is 19.6 Å². The predicted molar refractivity (Wildman–Crippen MR) is 145 cm³/mol. The molecule has 2 aromatic carbocycles. The van der Waals surface area contributed by atoms with Crippen molar-refractivity contribution in [1.29, 1.82) is 0 Å². The first kappa shape index (κ1) is 26.9. The molecule has 1 saturated carbocycles. The van der Waals surface area contributed by atoms with Gasteiger partial charge in [-0.05, 0) is 43.9 Å². The Labute approximate surface area is 217 Å². The van der Waals surface area contributed by atoms with Crippen LogP contribution in [0.5, 0.6) is 0 Å². The van der Waals surface area contributed by atoms with Gasteiger partial charge in [-0.25, -0.2) is 13.2 Å². The van der Waals surface area contributed by atoms with Crippen molar-refractivity contribution in [3.8, 4) is 0 Å². The Morgan fingerprint density at radius 2 is 1.62 bits per heavy atom. The lowest BCUT2D eigenvalue weighted by atomic mass is 10.0. The average molecular weight is 526 g/mol. The van der Waals surface area contributed by atoms with Gasteiger partial charge in [0.25, 0.3) is 5.56 Å². The van der Waals surface area contributed by atoms with Gasteiger partial charge < -0.3 is 4.90 Å². The molecule has 0 N–H and O–H groups in total. The number of fused-ring (bicyclic) bond motifs is 1. The largest absolute Gasteiger partial charge is 0.337 e. The Bertz CT molecular complexity index is 1450. The van der Waals surface area contributed by atoms with Crippen LogP contribution >= 0.6 is 0 Å². The summed E-state index contributed by atoms with van der Waals surface area (Å²) in [6.45, 7) is 2.56. The molecule has 198 valence electrons. The van der Waals surface area contributed by atoms with Crippen molar-refractivity contribution < 1.29 is 13.2 Å². The number of carbonyl (C=O) groups is 1. The fourth-order valence-corrected chi connectivity index (χ4v) is 7.07. The van der Waals surface area contributed by atoms with Gasteiger partial charge in [0.05, 0.1) is 21.9 Å². The van der Waals surface area contributed by atoms with E-state index in [1.807, 2.05) is 37.3 Å². The molecule has 3 aromatic rings. The van der Waals surface area contributed by atoms with Crippen LogP contribution in [0.2, 0.25) is 0 Å². The Morgan fingerprint density at radius 1 is 0.946 bits per heavy atom. The Kier molecular flexibility index (Phi) is 8.63. The number of rotatable bonds is 10. The highest BCUT2D eigenvalue weighted by atomic mass is 32.2. The van der Waals surface area contributed by atoms with Crippen molar-refractivity contribution >= 4 is 26.6 Å². The maximum Gasteiger partial charge on any atom is 0.331 e. The number of benzene rings is 2. The lowest BCUT2D eigenvalue weighted by molar-refractivity contribution is -0.132. The zero-order chi connectivity index (χ0) is 26.4. The topological polar surface area (TPSA) is 98.4 Å². The van der Waals surface area contributed by atoms with E-state index in [0.29, 0.717) is 36.8 Å². The van der Waals surface area contributed by atoms with E-state index < -0.39 is 21.1 Å². The summed E-state index contributed by atoms with van der Waals surface area (Å²) in [5.41, 5.74) is 0.325. The third-order valence-electron chi connectivity index (χ3n) is 7.25. The van der Waals surface area contributed by atoms with Crippen LogP contribution in [-0.4, -0.2) is 45.9 Å². The van der Waals surface area contributed by atoms with Crippen LogP contribution < -0.4 is 11.2 Å². The third kappa shape index (κ3) is 6.21. The van der Waals surface area contributed by atoms with Gasteiger partial charge in [0.2, 0.25) is 5.91 Å². The van der Waals surface area contributed by atoms with E-state index in [-0.39, 0.29) is 36.4 Å². The van der Waals surface area contributed by atoms with Gasteiger partial charge in [-0.1, -0.05) is 61.7 Å². The smallest absolute Gasteiger partial charge is 0.331 e. The first-order chi connectivity index (χ1) is 17.8. The van der Waals surface area contributed by atoms with Gasteiger partial charge in [-0.2, -0.15) is 0 Å². The van der Waals surface area contributed by atoms with Crippen molar-refractivity contribution in [3.63, 3.8) is 0 Å². The molecule has 1 fully saturated rings. The number of hydrogen-bond donors (Lipinski definition) is 0. The van der Waals surface area contributed by atoms with E-state index in [2.05, 4.69) is 0 Å². The molecule has 9 heteroatoms. The summed E-state index contributed by atoms with van der Waals surface area (Å²) in [6.07, 6.45) is 4.46. The second kappa shape index (κ2) is 11.9. The van der Waals surface area contributed by atoms with Crippen LogP contribution in [0.25, 0.3) is 10.9 Å². The summed E-state index contributed by atoms with van der Waals surface area (Å²) in [5, 5.41) is 0.00430. The van der Waals surface area contributed by atoms with Crippen molar-refractivity contribution in [2.45, 2.75) is 70.3 Å². The summed E-state index contributed by atoms with van der Waals surface area (Å²) < 4.78 is 28.0. The Hall–Kier alpha value is -3.20. The molecule has 4 rings (SSSR count). The van der Waals surface area contributed by atoms with Crippen molar-refractivity contribution in [1.82, 2.24) is 14.0 Å². The van der Waals surface area contributed by atoms with Crippen LogP contribution in [0.1, 0.15) is 51.0 Å². The molecule has 0 saturated heterocycles. The van der Waals surface area contributed by atoms with Gasteiger partial charge >= 0.3 is 5.69 Å². The van der Waals surface area contributed by atoms with Gasteiger partial charge in [-0.3, -0.25) is 18.7 Å². The summed E-state index contributed by atoms with van der Waals surface area (Å²) in [5.74, 6) is -0.292. The maximum atomic E-state index is 13.5. The lowest BCUT2D eigenvalue weighted by Crippen LogP contribution is -2.43. The van der Waals surface area contributed by atoms with Gasteiger partial charge in [0.1, 0.15) is 6.54 Å². The van der Waals surface area contributed by atoms with E-state index >= 15 is 0 Å². The van der Waals surface area contributed by atoms with E-state index in [4.69, 9.17) is 0 Å². The number of carbonyl (C=O) groups excluding carboxylic acids is 1. The van der Waals surface area contributed by atoms with Crippen molar-refractivity contribution in [3.05, 3.63) is 81.0 Å². The molecule has 0 bridgehead atoms. The van der Waals surface area contributed by atoms with E-state index in [9.17, 15) is 22.8 Å². The third-order valence-corrected chi connectivity index (χ3v) is 9.59. The number of sulfone groups is 1. The fourth-order valence-electron chi connectivity index (χ4n) is 5.15. The minimum absolute atomic E-state index is 0.00977. The van der Waals surface area contributed by atoms with Crippen LogP contribution in [0.3, 0.4) is 0 Å². The molecule has 1 amide bonds. The lowest BCUT2D eigenvalue weighted by Gasteiger charge is -2.23. The van der Waals surface area contributed by atoms with Crippen LogP contribution in [0, 0.1) is 0 Å². The average Bonchev–Trinajstić information content (AvgIpc) is 2.92. The SMILES string of the molecule is CCN(Cc1ccccc1)C(=O)Cn1c(=O)n(CCCS(=O)(=O)C2CCCCC2)c(=O)c2ccccc21. The van der Waals surface area contributed by atoms with E-state index in [1.165, 1.54) is 4.57 Å². The molecule has 0 spiro atoms. The normalized spacial score (nSPS) is 14.6. The number of nitrogens with zero attached hydrogens (tertiary/aromatic N) is 3. The standard InChI is InChI=1S/C28H35N3O5S/c1-2-29(20-22-12-5-3-6-13-22)26(32)21-31-25-17-10-9-16-24(25)27(33)30(28(31)34)18-11-19-37(35,36)23-14-7-4-8-15-23/h3,5-6,9-10,12-13,16-17,23H,2,4,7-8,11,14-15,18-21H2,1H3. The highest BCUT2D eigenvalue weighted by Gasteiger charge is 2.27. The molecule has 1 aliphatic carbocycles. The van der Waals surface area contributed by atoms with Crippen LogP contribution in [-0.2, 0) is 34.3 Å². The zero-order valence-corrected chi connectivity index (χ0v) is 22.2. The summed E-state index contributed by atoms with van der Waals surface area (Å²) >= 11 is 0. The molecule has 37 heavy (non-hydrogen) atoms. The molecule has 8 nitrogen and oxygen atoms in total. The molecule has 0 radical (unpaired) electrons. The highest BCUT2D eigenvalue weighted by molar-refractivity contribution is 7.92. The quantitative estimate of drug-likeness (QED) is 0.404. The second-order valence-corrected chi connectivity index (χ2v) is 12.1. The molecule has 0 atom stereocenters. The number of hydrogen-bond acceptors (Lipinski definition) is 5. The monoisotopic (exact) mass is 525 g/mol. The molecular formula is C28H35N3O5S. The molecule has 1 aromatic heterocycles. The summed E-state index contributed by atoms with van der Waals surface area (Å²) in [4.78, 5) is 41.6. The van der Waals surface area contributed by atoms with Crippen LogP contribution in [0.4, 0.5) is 0 Å². The minimum Gasteiger partial charge on any atom is -0.337 e. The number of likely N-dealkylation sites (N-methyl/N-ethyl adjacent to an activating group) is 1. The minimum atomic E-state index is -3.28. The number of aromatic nitrogens is 2. The predicted octanol–water partition coefficient (Wildman–Crippen LogP) is 3.35. The second-order valence-electron chi connectivity index (χ2n) is 9.72. The van der Waals surface area contributed by atoms with Gasteiger partial charge in [0.15, 0.2) is 9.84 Å². The zero-order valence-electron chi connectivity index (χ0n) is 21.3. The maximum absolute atomic E-state index is 13.5. The Balaban J connectivity index is 1.58. The number of para-hydroxylation sites is 1. The molecule has 0 aliphatic heterocycles. The molecular weight excluding hydrogens is 490 g/mol.